The number of rotatable bonds is 4. The molecule has 0 atom stereocenters. The summed E-state index contributed by atoms with van der Waals surface area (Å²) in [5.74, 6) is -0.329. The standard InChI is InChI=1S/C21H17BrN4O2S/c1-12-2-4-13(5-3-12)16-11-29-21(24-16)18-17(27)10-26(19(18)23)25-20(28)14-6-8-15(22)9-7-14/h2-9,11,23,27H,10H2,1H3,(H,25,28). The topological polar surface area (TPSA) is 89.3 Å². The minimum atomic E-state index is -0.351. The predicted molar refractivity (Wildman–Crippen MR) is 118 cm³/mol. The van der Waals surface area contributed by atoms with Crippen LogP contribution in [-0.2, 0) is 0 Å². The number of amides is 1. The zero-order valence-electron chi connectivity index (χ0n) is 15.4. The van der Waals surface area contributed by atoms with Crippen LogP contribution in [0.5, 0.6) is 0 Å². The number of halogens is 1. The van der Waals surface area contributed by atoms with Crippen molar-refractivity contribution in [2.45, 2.75) is 6.92 Å². The second-order valence-corrected chi connectivity index (χ2v) is 8.38. The van der Waals surface area contributed by atoms with Crippen molar-refractivity contribution in [2.75, 3.05) is 6.54 Å². The van der Waals surface area contributed by atoms with E-state index in [0.29, 0.717) is 16.1 Å². The molecule has 29 heavy (non-hydrogen) atoms. The summed E-state index contributed by atoms with van der Waals surface area (Å²) in [6, 6.07) is 14.9. The summed E-state index contributed by atoms with van der Waals surface area (Å²) >= 11 is 4.69. The first-order valence-corrected chi connectivity index (χ1v) is 10.5. The number of benzene rings is 2. The van der Waals surface area contributed by atoms with E-state index in [4.69, 9.17) is 5.41 Å². The molecule has 1 aliphatic rings. The van der Waals surface area contributed by atoms with Crippen molar-refractivity contribution in [2.24, 2.45) is 0 Å². The third-order valence-electron chi connectivity index (χ3n) is 4.51. The summed E-state index contributed by atoms with van der Waals surface area (Å²) in [5.41, 5.74) is 6.40. The molecular formula is C21H17BrN4O2S. The van der Waals surface area contributed by atoms with Gasteiger partial charge in [0.2, 0.25) is 0 Å². The normalized spacial score (nSPS) is 13.9. The van der Waals surface area contributed by atoms with E-state index in [1.807, 2.05) is 36.6 Å². The first-order chi connectivity index (χ1) is 13.9. The molecule has 8 heteroatoms. The lowest BCUT2D eigenvalue weighted by atomic mass is 10.1. The van der Waals surface area contributed by atoms with E-state index in [1.54, 1.807) is 24.3 Å². The molecule has 2 heterocycles. The highest BCUT2D eigenvalue weighted by molar-refractivity contribution is 9.10. The van der Waals surface area contributed by atoms with Gasteiger partial charge in [-0.3, -0.25) is 20.6 Å². The smallest absolute Gasteiger partial charge is 0.269 e. The van der Waals surface area contributed by atoms with Gasteiger partial charge in [-0.15, -0.1) is 11.3 Å². The number of aliphatic hydroxyl groups excluding tert-OH is 1. The molecule has 1 aromatic heterocycles. The van der Waals surface area contributed by atoms with Gasteiger partial charge in [-0.25, -0.2) is 4.98 Å². The first-order valence-electron chi connectivity index (χ1n) is 8.80. The monoisotopic (exact) mass is 468 g/mol. The van der Waals surface area contributed by atoms with Gasteiger partial charge >= 0.3 is 0 Å². The van der Waals surface area contributed by atoms with Crippen LogP contribution in [0.2, 0.25) is 0 Å². The van der Waals surface area contributed by atoms with Crippen molar-refractivity contribution < 1.29 is 9.90 Å². The summed E-state index contributed by atoms with van der Waals surface area (Å²) in [4.78, 5) is 17.0. The number of amidine groups is 1. The average molecular weight is 469 g/mol. The molecule has 0 spiro atoms. The van der Waals surface area contributed by atoms with Gasteiger partial charge in [0.1, 0.15) is 10.8 Å². The lowest BCUT2D eigenvalue weighted by molar-refractivity contribution is 0.0874. The van der Waals surface area contributed by atoms with E-state index in [9.17, 15) is 9.90 Å². The van der Waals surface area contributed by atoms with Crippen LogP contribution < -0.4 is 5.43 Å². The fourth-order valence-electron chi connectivity index (χ4n) is 2.93. The van der Waals surface area contributed by atoms with Crippen LogP contribution in [0.15, 0.2) is 64.1 Å². The number of hydrogen-bond acceptors (Lipinski definition) is 5. The molecule has 4 rings (SSSR count). The SMILES string of the molecule is Cc1ccc(-c2csc(C3=C(O)CN(NC(=O)c4ccc(Br)cc4)C3=N)n2)cc1. The fraction of sp³-hybridized carbons (Fsp3) is 0.0952. The van der Waals surface area contributed by atoms with E-state index in [-0.39, 0.29) is 24.0 Å². The van der Waals surface area contributed by atoms with Gasteiger partial charge in [0.25, 0.3) is 5.91 Å². The van der Waals surface area contributed by atoms with Crippen LogP contribution in [0.25, 0.3) is 16.8 Å². The lowest BCUT2D eigenvalue weighted by Gasteiger charge is -2.19. The van der Waals surface area contributed by atoms with Crippen molar-refractivity contribution in [3.63, 3.8) is 0 Å². The van der Waals surface area contributed by atoms with Gasteiger partial charge in [-0.05, 0) is 31.2 Å². The quantitative estimate of drug-likeness (QED) is 0.513. The third kappa shape index (κ3) is 3.94. The number of aryl methyl sites for hydroxylation is 1. The van der Waals surface area contributed by atoms with Crippen LogP contribution in [-0.4, -0.2) is 33.4 Å². The Labute approximate surface area is 180 Å². The highest BCUT2D eigenvalue weighted by atomic mass is 79.9. The summed E-state index contributed by atoms with van der Waals surface area (Å²) in [6.45, 7) is 2.05. The highest BCUT2D eigenvalue weighted by Crippen LogP contribution is 2.31. The molecule has 0 radical (unpaired) electrons. The number of nitrogens with zero attached hydrogens (tertiary/aromatic N) is 2. The molecule has 3 N–H and O–H groups in total. The lowest BCUT2D eigenvalue weighted by Crippen LogP contribution is -2.43. The van der Waals surface area contributed by atoms with E-state index in [2.05, 4.69) is 26.3 Å². The van der Waals surface area contributed by atoms with Crippen LogP contribution >= 0.6 is 27.3 Å². The molecule has 6 nitrogen and oxygen atoms in total. The second-order valence-electron chi connectivity index (χ2n) is 6.61. The van der Waals surface area contributed by atoms with Gasteiger partial charge in [-0.1, -0.05) is 45.8 Å². The summed E-state index contributed by atoms with van der Waals surface area (Å²) in [7, 11) is 0. The zero-order chi connectivity index (χ0) is 20.5. The minimum absolute atomic E-state index is 0.0101. The number of aliphatic hydroxyl groups is 1. The number of aromatic nitrogens is 1. The van der Waals surface area contributed by atoms with Crippen molar-refractivity contribution in [1.82, 2.24) is 15.4 Å². The average Bonchev–Trinajstić information content (AvgIpc) is 3.27. The van der Waals surface area contributed by atoms with E-state index >= 15 is 0 Å². The number of thiazole rings is 1. The van der Waals surface area contributed by atoms with Crippen molar-refractivity contribution in [1.29, 1.82) is 5.41 Å². The number of carbonyl (C=O) groups excluding carboxylic acids is 1. The maximum atomic E-state index is 12.4. The van der Waals surface area contributed by atoms with E-state index in [0.717, 1.165) is 15.7 Å². The Balaban J connectivity index is 1.51. The molecule has 1 amide bonds. The summed E-state index contributed by atoms with van der Waals surface area (Å²) < 4.78 is 0.873. The molecule has 2 aromatic carbocycles. The molecule has 0 saturated heterocycles. The van der Waals surface area contributed by atoms with Crippen molar-refractivity contribution >= 4 is 44.6 Å². The Morgan fingerprint density at radius 3 is 2.59 bits per heavy atom. The first kappa shape index (κ1) is 19.4. The molecule has 146 valence electrons. The minimum Gasteiger partial charge on any atom is -0.509 e. The molecule has 0 bridgehead atoms. The predicted octanol–water partition coefficient (Wildman–Crippen LogP) is 4.79. The third-order valence-corrected chi connectivity index (χ3v) is 5.90. The zero-order valence-corrected chi connectivity index (χ0v) is 17.8. The maximum Gasteiger partial charge on any atom is 0.269 e. The van der Waals surface area contributed by atoms with Crippen LogP contribution in [0, 0.1) is 12.3 Å². The van der Waals surface area contributed by atoms with E-state index in [1.165, 1.54) is 21.9 Å². The molecule has 0 fully saturated rings. The van der Waals surface area contributed by atoms with Crippen molar-refractivity contribution in [3.05, 3.63) is 80.3 Å². The largest absolute Gasteiger partial charge is 0.509 e. The Hall–Kier alpha value is -2.97. The Kier molecular flexibility index (Phi) is 5.21. The number of carbonyl (C=O) groups is 1. The molecule has 3 aromatic rings. The Morgan fingerprint density at radius 1 is 1.21 bits per heavy atom. The van der Waals surface area contributed by atoms with Crippen LogP contribution in [0.3, 0.4) is 0 Å². The summed E-state index contributed by atoms with van der Waals surface area (Å²) in [5, 5.41) is 22.6. The van der Waals surface area contributed by atoms with Crippen molar-refractivity contribution in [3.8, 4) is 11.3 Å². The van der Waals surface area contributed by atoms with Gasteiger partial charge in [0.05, 0.1) is 17.8 Å². The highest BCUT2D eigenvalue weighted by Gasteiger charge is 2.31. The number of hydrazine groups is 1. The van der Waals surface area contributed by atoms with Gasteiger partial charge in [0.15, 0.2) is 5.84 Å². The fourth-order valence-corrected chi connectivity index (χ4v) is 4.09. The Morgan fingerprint density at radius 2 is 1.90 bits per heavy atom. The number of hydrogen-bond donors (Lipinski definition) is 3. The second kappa shape index (κ2) is 7.81. The maximum absolute atomic E-state index is 12.4. The van der Waals surface area contributed by atoms with Gasteiger partial charge in [-0.2, -0.15) is 0 Å². The molecule has 0 aliphatic carbocycles. The molecule has 0 unspecified atom stereocenters. The molecule has 1 aliphatic heterocycles. The van der Waals surface area contributed by atoms with E-state index < -0.39 is 0 Å². The van der Waals surface area contributed by atoms with Gasteiger partial charge < -0.3 is 5.11 Å². The molecule has 0 saturated carbocycles. The molecular weight excluding hydrogens is 452 g/mol. The summed E-state index contributed by atoms with van der Waals surface area (Å²) in [6.07, 6.45) is 0. The Bertz CT molecular complexity index is 1120. The van der Waals surface area contributed by atoms with Crippen LogP contribution in [0.1, 0.15) is 20.9 Å². The van der Waals surface area contributed by atoms with Gasteiger partial charge in [0, 0.05) is 21.0 Å². The van der Waals surface area contributed by atoms with Crippen LogP contribution in [0.4, 0.5) is 0 Å². The number of nitrogens with one attached hydrogen (secondary N) is 2.